The van der Waals surface area contributed by atoms with Crippen LogP contribution in [0, 0.1) is 13.8 Å². The van der Waals surface area contributed by atoms with Crippen molar-refractivity contribution in [2.45, 2.75) is 13.8 Å². The summed E-state index contributed by atoms with van der Waals surface area (Å²) in [5.41, 5.74) is 8.09. The van der Waals surface area contributed by atoms with Crippen molar-refractivity contribution in [1.29, 1.82) is 0 Å². The highest BCUT2D eigenvalue weighted by Crippen LogP contribution is 2.21. The molecule has 1 amide bonds. The van der Waals surface area contributed by atoms with Crippen LogP contribution in [0.3, 0.4) is 0 Å². The van der Waals surface area contributed by atoms with Crippen molar-refractivity contribution in [3.63, 3.8) is 0 Å². The van der Waals surface area contributed by atoms with Crippen LogP contribution in [0.2, 0.25) is 0 Å². The zero-order chi connectivity index (χ0) is 12.4. The Labute approximate surface area is 103 Å². The molecule has 0 bridgehead atoms. The highest BCUT2D eigenvalue weighted by Gasteiger charge is 2.10. The molecule has 3 N–H and O–H groups in total. The van der Waals surface area contributed by atoms with E-state index in [4.69, 9.17) is 5.73 Å². The number of nitrogens with two attached hydrogens (primary N) is 1. The molecule has 1 aromatic heterocycles. The molecule has 2 rings (SSSR count). The van der Waals surface area contributed by atoms with Crippen LogP contribution < -0.4 is 11.1 Å². The number of amides is 1. The number of nitrogen functional groups attached to an aromatic ring is 1. The Morgan fingerprint density at radius 1 is 1.41 bits per heavy atom. The number of carbonyl (C=O) groups excluding carboxylic acids is 1. The van der Waals surface area contributed by atoms with E-state index in [1.807, 2.05) is 26.0 Å². The summed E-state index contributed by atoms with van der Waals surface area (Å²) in [5, 5.41) is 3.64. The fourth-order valence-corrected chi connectivity index (χ4v) is 2.12. The molecule has 0 spiro atoms. The number of nitrogens with one attached hydrogen (secondary N) is 1. The van der Waals surface area contributed by atoms with Gasteiger partial charge in [-0.05, 0) is 31.5 Å². The molecule has 0 aliphatic heterocycles. The van der Waals surface area contributed by atoms with Crippen molar-refractivity contribution in [1.82, 2.24) is 4.98 Å². The molecule has 88 valence electrons. The fourth-order valence-electron chi connectivity index (χ4n) is 1.45. The number of hydrogen-bond donors (Lipinski definition) is 2. The van der Waals surface area contributed by atoms with E-state index in [1.165, 1.54) is 11.3 Å². The molecule has 0 aliphatic carbocycles. The number of benzene rings is 1. The minimum Gasteiger partial charge on any atom is -0.397 e. The molecular formula is C12H13N3OS. The lowest BCUT2D eigenvalue weighted by Crippen LogP contribution is -2.11. The summed E-state index contributed by atoms with van der Waals surface area (Å²) in [6.45, 7) is 3.82. The Kier molecular flexibility index (Phi) is 3.10. The number of carbonyl (C=O) groups is 1. The summed E-state index contributed by atoms with van der Waals surface area (Å²) in [6.07, 6.45) is 1.57. The highest BCUT2D eigenvalue weighted by atomic mass is 32.1. The Morgan fingerprint density at radius 3 is 2.76 bits per heavy atom. The molecule has 0 atom stereocenters. The molecule has 1 aromatic carbocycles. The van der Waals surface area contributed by atoms with Crippen molar-refractivity contribution in [2.75, 3.05) is 11.1 Å². The Morgan fingerprint density at radius 2 is 2.18 bits per heavy atom. The van der Waals surface area contributed by atoms with Crippen molar-refractivity contribution in [3.8, 4) is 0 Å². The SMILES string of the molecule is Cc1ccc(NC(=O)c2cnc(C)s2)c(N)c1. The average Bonchev–Trinajstić information content (AvgIpc) is 2.69. The van der Waals surface area contributed by atoms with Gasteiger partial charge in [0.1, 0.15) is 4.88 Å². The molecule has 2 aromatic rings. The third-order valence-corrected chi connectivity index (χ3v) is 3.21. The molecule has 0 unspecified atom stereocenters. The standard InChI is InChI=1S/C12H13N3OS/c1-7-3-4-10(9(13)5-7)15-12(16)11-6-14-8(2)17-11/h3-6H,13H2,1-2H3,(H,15,16). The van der Waals surface area contributed by atoms with Gasteiger partial charge in [-0.1, -0.05) is 6.07 Å². The van der Waals surface area contributed by atoms with E-state index < -0.39 is 0 Å². The van der Waals surface area contributed by atoms with Crippen LogP contribution in [0.5, 0.6) is 0 Å². The zero-order valence-corrected chi connectivity index (χ0v) is 10.5. The molecule has 17 heavy (non-hydrogen) atoms. The molecule has 0 saturated carbocycles. The minimum atomic E-state index is -0.175. The molecule has 0 aliphatic rings. The number of aryl methyl sites for hydroxylation is 2. The minimum absolute atomic E-state index is 0.175. The van der Waals surface area contributed by atoms with Gasteiger partial charge in [0.15, 0.2) is 0 Å². The normalized spacial score (nSPS) is 10.2. The number of hydrogen-bond acceptors (Lipinski definition) is 4. The van der Waals surface area contributed by atoms with Gasteiger partial charge in [-0.15, -0.1) is 11.3 Å². The monoisotopic (exact) mass is 247 g/mol. The second-order valence-electron chi connectivity index (χ2n) is 3.79. The van der Waals surface area contributed by atoms with E-state index in [0.717, 1.165) is 10.6 Å². The van der Waals surface area contributed by atoms with Crippen LogP contribution in [0.4, 0.5) is 11.4 Å². The van der Waals surface area contributed by atoms with E-state index in [2.05, 4.69) is 10.3 Å². The first-order valence-corrected chi connectivity index (χ1v) is 5.98. The third kappa shape index (κ3) is 2.62. The average molecular weight is 247 g/mol. The quantitative estimate of drug-likeness (QED) is 0.801. The first kappa shape index (κ1) is 11.6. The number of anilines is 2. The van der Waals surface area contributed by atoms with Gasteiger partial charge in [-0.25, -0.2) is 4.98 Å². The predicted molar refractivity (Wildman–Crippen MR) is 70.4 cm³/mol. The van der Waals surface area contributed by atoms with E-state index in [0.29, 0.717) is 16.3 Å². The topological polar surface area (TPSA) is 68.0 Å². The smallest absolute Gasteiger partial charge is 0.267 e. The Bertz CT molecular complexity index is 563. The zero-order valence-electron chi connectivity index (χ0n) is 9.65. The highest BCUT2D eigenvalue weighted by molar-refractivity contribution is 7.13. The van der Waals surface area contributed by atoms with Crippen molar-refractivity contribution >= 4 is 28.6 Å². The third-order valence-electron chi connectivity index (χ3n) is 2.30. The van der Waals surface area contributed by atoms with E-state index >= 15 is 0 Å². The lowest BCUT2D eigenvalue weighted by molar-refractivity contribution is 0.103. The summed E-state index contributed by atoms with van der Waals surface area (Å²) in [7, 11) is 0. The van der Waals surface area contributed by atoms with Crippen LogP contribution in [0.25, 0.3) is 0 Å². The molecular weight excluding hydrogens is 234 g/mol. The maximum Gasteiger partial charge on any atom is 0.267 e. The number of nitrogens with zero attached hydrogens (tertiary/aromatic N) is 1. The second kappa shape index (κ2) is 4.55. The number of thiazole rings is 1. The first-order chi connectivity index (χ1) is 8.06. The van der Waals surface area contributed by atoms with Crippen molar-refractivity contribution in [2.24, 2.45) is 0 Å². The van der Waals surface area contributed by atoms with Gasteiger partial charge >= 0.3 is 0 Å². The summed E-state index contributed by atoms with van der Waals surface area (Å²) in [4.78, 5) is 16.5. The number of aromatic nitrogens is 1. The summed E-state index contributed by atoms with van der Waals surface area (Å²) >= 11 is 1.36. The Balaban J connectivity index is 2.18. The summed E-state index contributed by atoms with van der Waals surface area (Å²) < 4.78 is 0. The summed E-state index contributed by atoms with van der Waals surface area (Å²) in [6, 6.07) is 5.54. The van der Waals surface area contributed by atoms with E-state index in [9.17, 15) is 4.79 Å². The number of rotatable bonds is 2. The maximum absolute atomic E-state index is 11.9. The van der Waals surface area contributed by atoms with E-state index in [-0.39, 0.29) is 5.91 Å². The van der Waals surface area contributed by atoms with Crippen LogP contribution in [-0.4, -0.2) is 10.9 Å². The van der Waals surface area contributed by atoms with Gasteiger partial charge in [0.05, 0.1) is 22.6 Å². The van der Waals surface area contributed by atoms with Crippen LogP contribution in [0.15, 0.2) is 24.4 Å². The molecule has 4 nitrogen and oxygen atoms in total. The predicted octanol–water partition coefficient (Wildman–Crippen LogP) is 2.59. The molecule has 5 heteroatoms. The van der Waals surface area contributed by atoms with Gasteiger partial charge in [0, 0.05) is 0 Å². The lowest BCUT2D eigenvalue weighted by atomic mass is 10.2. The van der Waals surface area contributed by atoms with Gasteiger partial charge in [-0.2, -0.15) is 0 Å². The van der Waals surface area contributed by atoms with Crippen LogP contribution in [0.1, 0.15) is 20.2 Å². The van der Waals surface area contributed by atoms with Crippen molar-refractivity contribution in [3.05, 3.63) is 39.8 Å². The fraction of sp³-hybridized carbons (Fsp3) is 0.167. The van der Waals surface area contributed by atoms with E-state index in [1.54, 1.807) is 12.3 Å². The summed E-state index contributed by atoms with van der Waals surface area (Å²) in [5.74, 6) is -0.175. The lowest BCUT2D eigenvalue weighted by Gasteiger charge is -2.07. The Hall–Kier alpha value is -1.88. The van der Waals surface area contributed by atoms with Crippen molar-refractivity contribution < 1.29 is 4.79 Å². The van der Waals surface area contributed by atoms with Gasteiger partial charge < -0.3 is 11.1 Å². The van der Waals surface area contributed by atoms with Crippen LogP contribution >= 0.6 is 11.3 Å². The van der Waals surface area contributed by atoms with Gasteiger partial charge in [0.2, 0.25) is 0 Å². The van der Waals surface area contributed by atoms with Crippen LogP contribution in [-0.2, 0) is 0 Å². The second-order valence-corrected chi connectivity index (χ2v) is 5.02. The first-order valence-electron chi connectivity index (χ1n) is 5.16. The maximum atomic E-state index is 11.9. The largest absolute Gasteiger partial charge is 0.397 e. The molecule has 0 radical (unpaired) electrons. The molecule has 0 fully saturated rings. The van der Waals surface area contributed by atoms with Gasteiger partial charge in [0.25, 0.3) is 5.91 Å². The molecule has 0 saturated heterocycles. The molecule has 1 heterocycles. The van der Waals surface area contributed by atoms with Gasteiger partial charge in [-0.3, -0.25) is 4.79 Å².